The fourth-order valence-electron chi connectivity index (χ4n) is 0.851. The molecule has 0 aliphatic heterocycles. The van der Waals surface area contributed by atoms with Crippen LogP contribution in [-0.2, 0) is 0 Å². The third kappa shape index (κ3) is 2.58. The van der Waals surface area contributed by atoms with E-state index in [-0.39, 0.29) is 9.52 Å². The lowest BCUT2D eigenvalue weighted by molar-refractivity contribution is 0.354. The van der Waals surface area contributed by atoms with Gasteiger partial charge in [-0.05, 0) is 4.66 Å². The Morgan fingerprint density at radius 2 is 2.00 bits per heavy atom. The van der Waals surface area contributed by atoms with Crippen molar-refractivity contribution in [2.24, 2.45) is 0 Å². The number of aliphatic hydroxyl groups excluding tert-OH is 1. The van der Waals surface area contributed by atoms with Gasteiger partial charge in [-0.25, -0.2) is 0 Å². The molecule has 66 valence electrons. The molecule has 0 aliphatic carbocycles. The predicted octanol–water partition coefficient (Wildman–Crippen LogP) is 1.28. The van der Waals surface area contributed by atoms with Gasteiger partial charge in [0, 0.05) is 15.7 Å². The van der Waals surface area contributed by atoms with Crippen LogP contribution in [0.25, 0.3) is 0 Å². The molecule has 0 aromatic heterocycles. The zero-order valence-corrected chi connectivity index (χ0v) is 10.6. The van der Waals surface area contributed by atoms with Crippen molar-refractivity contribution in [2.75, 3.05) is 6.23 Å². The van der Waals surface area contributed by atoms with Crippen LogP contribution >= 0.6 is 0 Å². The third-order valence-electron chi connectivity index (χ3n) is 2.88. The van der Waals surface area contributed by atoms with Gasteiger partial charge in [0.2, 0.25) is 0 Å². The highest BCUT2D eigenvalue weighted by molar-refractivity contribution is 6.88. The number of hydrogen-bond acceptors (Lipinski definition) is 1. The molecule has 11 heavy (non-hydrogen) atoms. The predicted molar refractivity (Wildman–Crippen MR) is 57.3 cm³/mol. The second kappa shape index (κ2) is 3.69. The van der Waals surface area contributed by atoms with E-state index in [4.69, 9.17) is 0 Å². The Balaban J connectivity index is 4.38. The maximum atomic E-state index is 9.21. The van der Waals surface area contributed by atoms with Crippen molar-refractivity contribution in [3.05, 3.63) is 12.3 Å². The van der Waals surface area contributed by atoms with Gasteiger partial charge in [0.25, 0.3) is 0 Å². The molecule has 1 nitrogen and oxygen atoms in total. The molecule has 0 atom stereocenters. The molecule has 3 heteroatoms. The Kier molecular flexibility index (Phi) is 3.74. The van der Waals surface area contributed by atoms with Crippen molar-refractivity contribution < 1.29 is 5.11 Å². The Hall–Kier alpha value is 0.134. The molecule has 0 spiro atoms. The lowest BCUT2D eigenvalue weighted by atomic mass is 10.5. The van der Waals surface area contributed by atoms with Crippen molar-refractivity contribution in [1.82, 2.24) is 0 Å². The van der Waals surface area contributed by atoms with Crippen LogP contribution in [-0.4, -0.2) is 28.9 Å². The van der Waals surface area contributed by atoms with Gasteiger partial charge >= 0.3 is 0 Å². The molecule has 0 saturated heterocycles. The maximum absolute atomic E-state index is 9.21. The van der Waals surface area contributed by atoms with Crippen molar-refractivity contribution in [2.45, 2.75) is 31.6 Å². The summed E-state index contributed by atoms with van der Waals surface area (Å²) in [6, 6.07) is 0. The van der Waals surface area contributed by atoms with Crippen molar-refractivity contribution in [3.8, 4) is 0 Å². The Morgan fingerprint density at radius 3 is 2.27 bits per heavy atom. The Bertz CT molecular complexity index is 141. The molecule has 0 radical (unpaired) electrons. The number of hydrogen-bond donors (Lipinski definition) is 1. The van der Waals surface area contributed by atoms with Crippen LogP contribution in [0.1, 0.15) is 13.8 Å². The summed E-state index contributed by atoms with van der Waals surface area (Å²) in [7, 11) is -1.58. The first-order valence-corrected chi connectivity index (χ1v) is 8.82. The minimum atomic E-state index is -1.38. The molecule has 0 fully saturated rings. The summed E-state index contributed by atoms with van der Waals surface area (Å²) in [5.74, 6) is 0. The molecular formula is C8H20OSi2. The largest absolute Gasteiger partial charge is 0.400 e. The summed E-state index contributed by atoms with van der Waals surface area (Å²) in [6.07, 6.45) is 0.404. The van der Waals surface area contributed by atoms with Gasteiger partial charge < -0.3 is 5.11 Å². The highest BCUT2D eigenvalue weighted by atomic mass is 28.4. The molecule has 0 unspecified atom stereocenters. The van der Waals surface area contributed by atoms with E-state index in [1.54, 1.807) is 0 Å². The van der Waals surface area contributed by atoms with Crippen LogP contribution in [0.4, 0.5) is 0 Å². The zero-order chi connectivity index (χ0) is 9.12. The van der Waals surface area contributed by atoms with E-state index < -0.39 is 8.07 Å². The first-order chi connectivity index (χ1) is 4.87. The van der Waals surface area contributed by atoms with Crippen LogP contribution in [0.3, 0.4) is 0 Å². The maximum Gasteiger partial charge on any atom is 0.0800 e. The van der Waals surface area contributed by atoms with Gasteiger partial charge in [-0.1, -0.05) is 26.9 Å². The average Bonchev–Trinajstić information content (AvgIpc) is 1.87. The van der Waals surface area contributed by atoms with E-state index in [1.165, 1.54) is 0 Å². The molecule has 0 heterocycles. The van der Waals surface area contributed by atoms with Gasteiger partial charge in [-0.2, -0.15) is 0 Å². The molecule has 0 saturated carbocycles. The summed E-state index contributed by atoms with van der Waals surface area (Å²) < 4.78 is 0.406. The van der Waals surface area contributed by atoms with Gasteiger partial charge in [0.1, 0.15) is 0 Å². The fourth-order valence-corrected chi connectivity index (χ4v) is 4.98. The first kappa shape index (κ1) is 11.1. The lowest BCUT2D eigenvalue weighted by Gasteiger charge is -2.37. The number of aliphatic hydroxyl groups is 1. The highest BCUT2D eigenvalue weighted by Crippen LogP contribution is 2.34. The van der Waals surface area contributed by atoms with Crippen LogP contribution in [0.15, 0.2) is 12.3 Å². The second-order valence-electron chi connectivity index (χ2n) is 4.42. The first-order valence-electron chi connectivity index (χ1n) is 4.09. The summed E-state index contributed by atoms with van der Waals surface area (Å²) in [5, 5.41) is 9.21. The minimum Gasteiger partial charge on any atom is -0.400 e. The van der Waals surface area contributed by atoms with Gasteiger partial charge in [-0.15, -0.1) is 12.3 Å². The molecule has 0 aliphatic rings. The van der Waals surface area contributed by atoms with Gasteiger partial charge in [0.15, 0.2) is 0 Å². The highest BCUT2D eigenvalue weighted by Gasteiger charge is 2.37. The monoisotopic (exact) mass is 188 g/mol. The van der Waals surface area contributed by atoms with Gasteiger partial charge in [-0.3, -0.25) is 0 Å². The molecule has 0 aromatic carbocycles. The van der Waals surface area contributed by atoms with E-state index in [0.717, 1.165) is 0 Å². The Morgan fingerprint density at radius 1 is 1.55 bits per heavy atom. The summed E-state index contributed by atoms with van der Waals surface area (Å²) in [5.41, 5.74) is 2.09. The normalized spacial score (nSPS) is 14.3. The Labute approximate surface area is 73.4 Å². The third-order valence-corrected chi connectivity index (χ3v) is 12.1. The molecule has 0 bridgehead atoms. The summed E-state index contributed by atoms with van der Waals surface area (Å²) in [6.45, 7) is 12.9. The average molecular weight is 188 g/mol. The van der Waals surface area contributed by atoms with Gasteiger partial charge in [0.05, 0.1) is 8.07 Å². The van der Waals surface area contributed by atoms with Crippen LogP contribution in [0, 0.1) is 0 Å². The standard InChI is InChI=1S/C8H20OSi2/c1-6-10-8(2,3)11(4,5)7-9/h6,9H,1,7,10H2,2-5H3. The molecule has 0 amide bonds. The van der Waals surface area contributed by atoms with E-state index in [1.807, 2.05) is 0 Å². The van der Waals surface area contributed by atoms with Crippen molar-refractivity contribution in [1.29, 1.82) is 0 Å². The molecule has 0 rings (SSSR count). The minimum absolute atomic E-state index is 0.200. The van der Waals surface area contributed by atoms with E-state index >= 15 is 0 Å². The quantitative estimate of drug-likeness (QED) is 0.659. The fraction of sp³-hybridized carbons (Fsp3) is 0.750. The van der Waals surface area contributed by atoms with Crippen molar-refractivity contribution in [3.63, 3.8) is 0 Å². The van der Waals surface area contributed by atoms with E-state index in [9.17, 15) is 5.11 Å². The SMILES string of the molecule is C=C[SiH2]C(C)(C)[Si](C)(C)CO. The van der Waals surface area contributed by atoms with E-state index in [0.29, 0.717) is 10.9 Å². The molecule has 1 N–H and O–H groups in total. The van der Waals surface area contributed by atoms with Crippen LogP contribution < -0.4 is 0 Å². The zero-order valence-electron chi connectivity index (χ0n) is 8.15. The number of rotatable bonds is 4. The van der Waals surface area contributed by atoms with Crippen molar-refractivity contribution >= 4 is 17.6 Å². The second-order valence-corrected chi connectivity index (χ2v) is 13.3. The molecular weight excluding hydrogens is 168 g/mol. The van der Waals surface area contributed by atoms with E-state index in [2.05, 4.69) is 39.2 Å². The summed E-state index contributed by atoms with van der Waals surface area (Å²) in [4.78, 5) is 0. The summed E-state index contributed by atoms with van der Waals surface area (Å²) >= 11 is 0. The van der Waals surface area contributed by atoms with Crippen LogP contribution in [0.2, 0.25) is 17.8 Å². The lowest BCUT2D eigenvalue weighted by Crippen LogP contribution is -2.46. The smallest absolute Gasteiger partial charge is 0.0800 e. The topological polar surface area (TPSA) is 20.2 Å². The van der Waals surface area contributed by atoms with Crippen LogP contribution in [0.5, 0.6) is 0 Å². The molecule has 0 aromatic rings.